The molecule has 1 amide bonds. The molecule has 0 heterocycles. The number of methoxy groups -OCH3 is 2. The number of carbonyl (C=O) groups is 1. The molecule has 1 rings (SSSR count). The van der Waals surface area contributed by atoms with Crippen LogP contribution >= 0.6 is 0 Å². The monoisotopic (exact) mass is 294 g/mol. The van der Waals surface area contributed by atoms with Crippen molar-refractivity contribution in [1.82, 2.24) is 0 Å². The second kappa shape index (κ2) is 5.63. The summed E-state index contributed by atoms with van der Waals surface area (Å²) in [6, 6.07) is 1.73. The number of anilines is 1. The number of hydrogen-bond donors (Lipinski definition) is 1. The van der Waals surface area contributed by atoms with E-state index in [4.69, 9.17) is 9.47 Å². The fourth-order valence-corrected chi connectivity index (χ4v) is 1.31. The number of ether oxygens (including phenoxy) is 2. The Morgan fingerprint density at radius 2 is 1.75 bits per heavy atom. The van der Waals surface area contributed by atoms with Crippen molar-refractivity contribution in [1.29, 1.82) is 0 Å². The molecule has 0 atom stereocenters. The second-order valence-electron chi connectivity index (χ2n) is 3.43. The Balaban J connectivity index is 3.30. The lowest BCUT2D eigenvalue weighted by molar-refractivity contribution is -0.384. The van der Waals surface area contributed by atoms with E-state index in [1.54, 1.807) is 0 Å². The number of halogens is 3. The van der Waals surface area contributed by atoms with Gasteiger partial charge < -0.3 is 14.8 Å². The number of benzene rings is 1. The molecule has 0 unspecified atom stereocenters. The molecule has 10 heteroatoms. The van der Waals surface area contributed by atoms with E-state index in [0.717, 1.165) is 12.1 Å². The quantitative estimate of drug-likeness (QED) is 0.678. The first-order chi connectivity index (χ1) is 9.20. The molecule has 7 nitrogen and oxygen atoms in total. The maximum absolute atomic E-state index is 12.2. The fourth-order valence-electron chi connectivity index (χ4n) is 1.31. The predicted molar refractivity (Wildman–Crippen MR) is 60.9 cm³/mol. The van der Waals surface area contributed by atoms with E-state index in [1.165, 1.54) is 19.5 Å². The van der Waals surface area contributed by atoms with Crippen LogP contribution in [-0.2, 0) is 4.79 Å². The van der Waals surface area contributed by atoms with E-state index in [9.17, 15) is 28.1 Å². The summed E-state index contributed by atoms with van der Waals surface area (Å²) in [5.74, 6) is -2.44. The van der Waals surface area contributed by atoms with Gasteiger partial charge in [-0.3, -0.25) is 14.9 Å². The molecule has 0 aromatic heterocycles. The maximum Gasteiger partial charge on any atom is 0.471 e. The number of nitrogens with one attached hydrogen (secondary N) is 1. The number of nitrogens with zero attached hydrogens (tertiary/aromatic N) is 1. The van der Waals surface area contributed by atoms with E-state index < -0.39 is 28.4 Å². The summed E-state index contributed by atoms with van der Waals surface area (Å²) < 4.78 is 46.1. The molecular formula is C10H9F3N2O5. The van der Waals surface area contributed by atoms with Crippen molar-refractivity contribution in [3.8, 4) is 11.5 Å². The Kier molecular flexibility index (Phi) is 4.38. The van der Waals surface area contributed by atoms with Crippen molar-refractivity contribution in [2.45, 2.75) is 6.18 Å². The molecule has 1 aromatic carbocycles. The van der Waals surface area contributed by atoms with Gasteiger partial charge in [-0.25, -0.2) is 0 Å². The molecule has 110 valence electrons. The highest BCUT2D eigenvalue weighted by atomic mass is 19.4. The fraction of sp³-hybridized carbons (Fsp3) is 0.300. The van der Waals surface area contributed by atoms with Gasteiger partial charge in [0.2, 0.25) is 0 Å². The first-order valence-electron chi connectivity index (χ1n) is 4.99. The van der Waals surface area contributed by atoms with Crippen molar-refractivity contribution in [3.05, 3.63) is 22.2 Å². The van der Waals surface area contributed by atoms with Crippen LogP contribution in [0.1, 0.15) is 0 Å². The Hall–Kier alpha value is -2.52. The third-order valence-corrected chi connectivity index (χ3v) is 2.20. The minimum absolute atomic E-state index is 0.0517. The van der Waals surface area contributed by atoms with Gasteiger partial charge in [-0.2, -0.15) is 13.2 Å². The molecule has 0 saturated carbocycles. The standard InChI is InChI=1S/C10H9F3N2O5/c1-19-7-3-5(14-9(16)10(11,12)13)6(15(17)18)4-8(7)20-2/h3-4H,1-2H3,(H,14,16). The minimum atomic E-state index is -5.17. The largest absolute Gasteiger partial charge is 0.493 e. The normalized spacial score (nSPS) is 10.8. The number of nitro groups is 1. The molecule has 0 aliphatic heterocycles. The molecule has 0 aliphatic rings. The number of alkyl halides is 3. The van der Waals surface area contributed by atoms with Crippen molar-refractivity contribution >= 4 is 17.3 Å². The van der Waals surface area contributed by atoms with Crippen molar-refractivity contribution in [2.75, 3.05) is 19.5 Å². The number of nitro benzene ring substituents is 1. The van der Waals surface area contributed by atoms with E-state index >= 15 is 0 Å². The third kappa shape index (κ3) is 3.28. The van der Waals surface area contributed by atoms with Crippen LogP contribution in [0.15, 0.2) is 12.1 Å². The van der Waals surface area contributed by atoms with Crippen LogP contribution in [0.5, 0.6) is 11.5 Å². The SMILES string of the molecule is COc1cc(NC(=O)C(F)(F)F)c([N+](=O)[O-])cc1OC. The highest BCUT2D eigenvalue weighted by Crippen LogP contribution is 2.38. The topological polar surface area (TPSA) is 90.7 Å². The van der Waals surface area contributed by atoms with Crippen LogP contribution in [-0.4, -0.2) is 31.2 Å². The van der Waals surface area contributed by atoms with Crippen LogP contribution in [0.4, 0.5) is 24.5 Å². The lowest BCUT2D eigenvalue weighted by atomic mass is 10.2. The zero-order valence-corrected chi connectivity index (χ0v) is 10.3. The van der Waals surface area contributed by atoms with Crippen LogP contribution in [0.3, 0.4) is 0 Å². The Morgan fingerprint density at radius 3 is 2.15 bits per heavy atom. The summed E-state index contributed by atoms with van der Waals surface area (Å²) >= 11 is 0. The summed E-state index contributed by atoms with van der Waals surface area (Å²) in [6.45, 7) is 0. The average molecular weight is 294 g/mol. The summed E-state index contributed by atoms with van der Waals surface area (Å²) in [6.07, 6.45) is -5.17. The second-order valence-corrected chi connectivity index (χ2v) is 3.43. The summed E-state index contributed by atoms with van der Waals surface area (Å²) in [5, 5.41) is 12.2. The van der Waals surface area contributed by atoms with Crippen molar-refractivity contribution in [3.63, 3.8) is 0 Å². The highest BCUT2D eigenvalue weighted by Gasteiger charge is 2.40. The molecule has 0 fully saturated rings. The number of amides is 1. The zero-order chi connectivity index (χ0) is 15.5. The first kappa shape index (κ1) is 15.5. The van der Waals surface area contributed by atoms with Gasteiger partial charge in [0, 0.05) is 6.07 Å². The van der Waals surface area contributed by atoms with Gasteiger partial charge in [-0.15, -0.1) is 0 Å². The van der Waals surface area contributed by atoms with Gasteiger partial charge in [0.1, 0.15) is 5.69 Å². The van der Waals surface area contributed by atoms with E-state index in [2.05, 4.69) is 0 Å². The molecule has 1 aromatic rings. The van der Waals surface area contributed by atoms with Crippen molar-refractivity contribution in [2.24, 2.45) is 0 Å². The summed E-state index contributed by atoms with van der Waals surface area (Å²) in [7, 11) is 2.40. The van der Waals surface area contributed by atoms with Gasteiger partial charge in [0.15, 0.2) is 11.5 Å². The lowest BCUT2D eigenvalue weighted by Crippen LogP contribution is -2.30. The molecule has 1 N–H and O–H groups in total. The molecular weight excluding hydrogens is 285 g/mol. The highest BCUT2D eigenvalue weighted by molar-refractivity contribution is 5.97. The van der Waals surface area contributed by atoms with Crippen molar-refractivity contribution < 1.29 is 32.4 Å². The van der Waals surface area contributed by atoms with E-state index in [0.29, 0.717) is 0 Å². The summed E-state index contributed by atoms with van der Waals surface area (Å²) in [5.41, 5.74) is -1.39. The molecule has 0 bridgehead atoms. The van der Waals surface area contributed by atoms with Crippen LogP contribution < -0.4 is 14.8 Å². The average Bonchev–Trinajstić information content (AvgIpc) is 2.36. The molecule has 0 aliphatic carbocycles. The van der Waals surface area contributed by atoms with Crippen LogP contribution in [0.25, 0.3) is 0 Å². The Bertz CT molecular complexity index is 544. The van der Waals surface area contributed by atoms with E-state index in [1.807, 2.05) is 0 Å². The number of carbonyl (C=O) groups excluding carboxylic acids is 1. The smallest absolute Gasteiger partial charge is 0.471 e. The third-order valence-electron chi connectivity index (χ3n) is 2.20. The van der Waals surface area contributed by atoms with Crippen LogP contribution in [0.2, 0.25) is 0 Å². The summed E-state index contributed by atoms with van der Waals surface area (Å²) in [4.78, 5) is 20.7. The number of rotatable bonds is 4. The zero-order valence-electron chi connectivity index (χ0n) is 10.3. The van der Waals surface area contributed by atoms with Gasteiger partial charge in [-0.05, 0) is 0 Å². The molecule has 0 saturated heterocycles. The minimum Gasteiger partial charge on any atom is -0.493 e. The van der Waals surface area contributed by atoms with Gasteiger partial charge in [0.25, 0.3) is 5.69 Å². The number of hydrogen-bond acceptors (Lipinski definition) is 5. The first-order valence-corrected chi connectivity index (χ1v) is 4.99. The van der Waals surface area contributed by atoms with Gasteiger partial charge >= 0.3 is 12.1 Å². The maximum atomic E-state index is 12.2. The van der Waals surface area contributed by atoms with Gasteiger partial charge in [0.05, 0.1) is 25.2 Å². The van der Waals surface area contributed by atoms with Crippen LogP contribution in [0, 0.1) is 10.1 Å². The van der Waals surface area contributed by atoms with E-state index in [-0.39, 0.29) is 11.5 Å². The molecule has 20 heavy (non-hydrogen) atoms. The van der Waals surface area contributed by atoms with Gasteiger partial charge in [-0.1, -0.05) is 0 Å². The Morgan fingerprint density at radius 1 is 1.25 bits per heavy atom. The Labute approximate surface area is 110 Å². The molecule has 0 radical (unpaired) electrons. The lowest BCUT2D eigenvalue weighted by Gasteiger charge is -2.12. The predicted octanol–water partition coefficient (Wildman–Crippen LogP) is 2.11. The molecule has 0 spiro atoms.